The monoisotopic (exact) mass is 227 g/mol. The average molecular weight is 227 g/mol. The van der Waals surface area contributed by atoms with Gasteiger partial charge in [-0.3, -0.25) is 4.79 Å². The Hall–Kier alpha value is -1.32. The molecule has 0 aliphatic rings. The number of rotatable bonds is 9. The van der Waals surface area contributed by atoms with E-state index in [9.17, 15) is 9.59 Å². The van der Waals surface area contributed by atoms with Crippen LogP contribution in [-0.2, 0) is 9.59 Å². The van der Waals surface area contributed by atoms with Gasteiger partial charge in [0.15, 0.2) is 0 Å². The van der Waals surface area contributed by atoms with Gasteiger partial charge in [0.05, 0.1) is 0 Å². The number of carbonyl (C=O) groups is 2. The third-order valence-electron chi connectivity index (χ3n) is 2.30. The number of hydrogen-bond acceptors (Lipinski definition) is 2. The third-order valence-corrected chi connectivity index (χ3v) is 2.30. The summed E-state index contributed by atoms with van der Waals surface area (Å²) in [4.78, 5) is 22.2. The number of carboxylic acids is 1. The largest absolute Gasteiger partial charge is 0.480 e. The van der Waals surface area contributed by atoms with Gasteiger partial charge in [0.25, 0.3) is 0 Å². The summed E-state index contributed by atoms with van der Waals surface area (Å²) in [5.41, 5.74) is 0. The Labute approximate surface area is 96.7 Å². The van der Waals surface area contributed by atoms with Crippen molar-refractivity contribution >= 4 is 11.9 Å². The van der Waals surface area contributed by atoms with Crippen LogP contribution in [0.3, 0.4) is 0 Å². The molecule has 0 aromatic carbocycles. The molecular formula is C12H21NO3. The highest BCUT2D eigenvalue weighted by atomic mass is 16.4. The lowest BCUT2D eigenvalue weighted by atomic mass is 10.1. The Balaban J connectivity index is 3.93. The van der Waals surface area contributed by atoms with Crippen molar-refractivity contribution in [3.05, 3.63) is 12.7 Å². The van der Waals surface area contributed by atoms with E-state index in [2.05, 4.69) is 18.8 Å². The van der Waals surface area contributed by atoms with Gasteiger partial charge in [0.2, 0.25) is 5.91 Å². The van der Waals surface area contributed by atoms with E-state index in [-0.39, 0.29) is 5.91 Å². The van der Waals surface area contributed by atoms with Crippen LogP contribution < -0.4 is 5.32 Å². The second kappa shape index (κ2) is 8.95. The first kappa shape index (κ1) is 14.7. The minimum Gasteiger partial charge on any atom is -0.480 e. The second-order valence-electron chi connectivity index (χ2n) is 3.78. The van der Waals surface area contributed by atoms with Gasteiger partial charge in [0, 0.05) is 6.42 Å². The van der Waals surface area contributed by atoms with Crippen molar-refractivity contribution in [3.8, 4) is 0 Å². The first-order valence-corrected chi connectivity index (χ1v) is 5.74. The van der Waals surface area contributed by atoms with Crippen LogP contribution in [0.4, 0.5) is 0 Å². The van der Waals surface area contributed by atoms with Gasteiger partial charge in [-0.05, 0) is 19.3 Å². The van der Waals surface area contributed by atoms with Crippen LogP contribution in [0.25, 0.3) is 0 Å². The summed E-state index contributed by atoms with van der Waals surface area (Å²) in [6.45, 7) is 5.58. The van der Waals surface area contributed by atoms with Crippen LogP contribution in [0.15, 0.2) is 12.7 Å². The Morgan fingerprint density at radius 3 is 2.62 bits per heavy atom. The fourth-order valence-electron chi connectivity index (χ4n) is 1.34. The molecule has 0 aromatic heterocycles. The first-order valence-electron chi connectivity index (χ1n) is 5.74. The highest BCUT2D eigenvalue weighted by molar-refractivity contribution is 5.83. The second-order valence-corrected chi connectivity index (χ2v) is 3.78. The molecule has 0 aliphatic heterocycles. The Morgan fingerprint density at radius 1 is 1.44 bits per heavy atom. The summed E-state index contributed by atoms with van der Waals surface area (Å²) in [5.74, 6) is -1.16. The van der Waals surface area contributed by atoms with Crippen LogP contribution >= 0.6 is 0 Å². The Morgan fingerprint density at radius 2 is 2.12 bits per heavy atom. The van der Waals surface area contributed by atoms with Crippen LogP contribution in [-0.4, -0.2) is 23.0 Å². The summed E-state index contributed by atoms with van der Waals surface area (Å²) < 4.78 is 0. The molecule has 16 heavy (non-hydrogen) atoms. The van der Waals surface area contributed by atoms with E-state index in [0.717, 1.165) is 19.3 Å². The van der Waals surface area contributed by atoms with Crippen LogP contribution in [0.5, 0.6) is 0 Å². The van der Waals surface area contributed by atoms with E-state index < -0.39 is 12.0 Å². The SMILES string of the molecule is C=CCCC(NC(=O)CCCCC)C(=O)O. The molecule has 92 valence electrons. The van der Waals surface area contributed by atoms with E-state index in [1.807, 2.05) is 0 Å². The lowest BCUT2D eigenvalue weighted by Gasteiger charge is -2.13. The number of unbranched alkanes of at least 4 members (excludes halogenated alkanes) is 2. The number of nitrogens with one attached hydrogen (secondary N) is 1. The molecule has 4 nitrogen and oxygen atoms in total. The maximum Gasteiger partial charge on any atom is 0.326 e. The molecule has 0 heterocycles. The van der Waals surface area contributed by atoms with E-state index in [1.54, 1.807) is 6.08 Å². The van der Waals surface area contributed by atoms with Gasteiger partial charge in [0.1, 0.15) is 6.04 Å². The molecule has 0 spiro atoms. The van der Waals surface area contributed by atoms with Crippen LogP contribution in [0.2, 0.25) is 0 Å². The van der Waals surface area contributed by atoms with E-state index >= 15 is 0 Å². The average Bonchev–Trinajstić information content (AvgIpc) is 2.24. The molecule has 1 unspecified atom stereocenters. The summed E-state index contributed by atoms with van der Waals surface area (Å²) >= 11 is 0. The predicted octanol–water partition coefficient (Wildman–Crippen LogP) is 2.10. The summed E-state index contributed by atoms with van der Waals surface area (Å²) in [5, 5.41) is 11.4. The topological polar surface area (TPSA) is 66.4 Å². The lowest BCUT2D eigenvalue weighted by molar-refractivity contribution is -0.142. The summed E-state index contributed by atoms with van der Waals surface area (Å²) in [6, 6.07) is -0.785. The zero-order valence-electron chi connectivity index (χ0n) is 9.87. The van der Waals surface area contributed by atoms with Crippen molar-refractivity contribution in [2.75, 3.05) is 0 Å². The molecule has 0 saturated carbocycles. The summed E-state index contributed by atoms with van der Waals surface area (Å²) in [6.07, 6.45) is 5.91. The lowest BCUT2D eigenvalue weighted by Crippen LogP contribution is -2.40. The van der Waals surface area contributed by atoms with Crippen molar-refractivity contribution in [3.63, 3.8) is 0 Å². The van der Waals surface area contributed by atoms with Crippen molar-refractivity contribution in [2.45, 2.75) is 51.5 Å². The zero-order valence-corrected chi connectivity index (χ0v) is 9.87. The number of carbonyl (C=O) groups excluding carboxylic acids is 1. The minimum atomic E-state index is -0.981. The molecule has 2 N–H and O–H groups in total. The van der Waals surface area contributed by atoms with Gasteiger partial charge in [-0.2, -0.15) is 0 Å². The molecule has 0 aliphatic carbocycles. The predicted molar refractivity (Wildman–Crippen MR) is 63.1 cm³/mol. The smallest absolute Gasteiger partial charge is 0.326 e. The van der Waals surface area contributed by atoms with Gasteiger partial charge in [-0.1, -0.05) is 25.8 Å². The highest BCUT2D eigenvalue weighted by Crippen LogP contribution is 2.02. The van der Waals surface area contributed by atoms with Crippen LogP contribution in [0, 0.1) is 0 Å². The third kappa shape index (κ3) is 7.04. The molecular weight excluding hydrogens is 206 g/mol. The number of aliphatic carboxylic acids is 1. The fraction of sp³-hybridized carbons (Fsp3) is 0.667. The molecule has 0 bridgehead atoms. The van der Waals surface area contributed by atoms with Gasteiger partial charge in [-0.25, -0.2) is 4.79 Å². The molecule has 0 rings (SSSR count). The molecule has 0 aromatic rings. The number of hydrogen-bond donors (Lipinski definition) is 2. The molecule has 4 heteroatoms. The molecule has 1 amide bonds. The highest BCUT2D eigenvalue weighted by Gasteiger charge is 2.18. The van der Waals surface area contributed by atoms with E-state index in [0.29, 0.717) is 19.3 Å². The number of carboxylic acid groups (broad SMARTS) is 1. The molecule has 1 atom stereocenters. The maximum absolute atomic E-state index is 11.4. The maximum atomic E-state index is 11.4. The van der Waals surface area contributed by atoms with Crippen molar-refractivity contribution in [2.24, 2.45) is 0 Å². The standard InChI is InChI=1S/C12H21NO3/c1-3-5-7-9-11(14)13-10(12(15)16)8-6-4-2/h4,10H,2-3,5-9H2,1H3,(H,13,14)(H,15,16). The van der Waals surface area contributed by atoms with Gasteiger partial charge >= 0.3 is 5.97 Å². The van der Waals surface area contributed by atoms with Gasteiger partial charge < -0.3 is 10.4 Å². The Bertz CT molecular complexity index is 238. The van der Waals surface area contributed by atoms with Crippen molar-refractivity contribution < 1.29 is 14.7 Å². The Kier molecular flexibility index (Phi) is 8.21. The van der Waals surface area contributed by atoms with Crippen molar-refractivity contribution in [1.29, 1.82) is 0 Å². The van der Waals surface area contributed by atoms with Crippen LogP contribution in [0.1, 0.15) is 45.4 Å². The van der Waals surface area contributed by atoms with E-state index in [4.69, 9.17) is 5.11 Å². The zero-order chi connectivity index (χ0) is 12.4. The number of amides is 1. The quantitative estimate of drug-likeness (QED) is 0.468. The number of allylic oxidation sites excluding steroid dienone is 1. The minimum absolute atomic E-state index is 0.176. The molecule has 0 saturated heterocycles. The first-order chi connectivity index (χ1) is 7.61. The normalized spacial score (nSPS) is 11.8. The van der Waals surface area contributed by atoms with Crippen molar-refractivity contribution in [1.82, 2.24) is 5.32 Å². The molecule has 0 radical (unpaired) electrons. The summed E-state index contributed by atoms with van der Waals surface area (Å²) in [7, 11) is 0. The molecule has 0 fully saturated rings. The van der Waals surface area contributed by atoms with E-state index in [1.165, 1.54) is 0 Å². The van der Waals surface area contributed by atoms with Gasteiger partial charge in [-0.15, -0.1) is 6.58 Å². The fourth-order valence-corrected chi connectivity index (χ4v) is 1.34.